The molecule has 0 bridgehead atoms. The third kappa shape index (κ3) is 4.61. The van der Waals surface area contributed by atoms with Gasteiger partial charge in [0.2, 0.25) is 0 Å². The Labute approximate surface area is 156 Å². The first kappa shape index (κ1) is 19.5. The van der Waals surface area contributed by atoms with E-state index in [1.165, 1.54) is 37.5 Å². The number of ether oxygens (including phenoxy) is 2. The van der Waals surface area contributed by atoms with Crippen molar-refractivity contribution in [1.82, 2.24) is 0 Å². The first-order valence-corrected chi connectivity index (χ1v) is 8.21. The van der Waals surface area contributed by atoms with Crippen LogP contribution in [0.2, 0.25) is 5.02 Å². The van der Waals surface area contributed by atoms with Crippen LogP contribution in [0.15, 0.2) is 42.5 Å². The van der Waals surface area contributed by atoms with Crippen LogP contribution in [0, 0.1) is 10.1 Å². The summed E-state index contributed by atoms with van der Waals surface area (Å²) in [7, 11) is 1.49. The quantitative estimate of drug-likeness (QED) is 0.296. The number of para-hydroxylation sites is 1. The molecule has 0 heterocycles. The standard InChI is InChI=1S/C19H18ClNO5/c1-12(2)26-19-15(20)10-13(11-18(19)25-3)8-9-17(22)14-6-4-5-7-16(14)21(23)24/h4-12H,1-3H3/b9-8+. The van der Waals surface area contributed by atoms with Crippen molar-refractivity contribution in [3.05, 3.63) is 68.7 Å². The molecule has 0 unspecified atom stereocenters. The molecule has 2 aromatic carbocycles. The molecule has 0 atom stereocenters. The van der Waals surface area contributed by atoms with Crippen molar-refractivity contribution in [2.75, 3.05) is 7.11 Å². The van der Waals surface area contributed by atoms with Crippen LogP contribution in [-0.2, 0) is 0 Å². The molecule has 6 nitrogen and oxygen atoms in total. The minimum Gasteiger partial charge on any atom is -0.493 e. The van der Waals surface area contributed by atoms with Gasteiger partial charge in [0.05, 0.1) is 28.7 Å². The van der Waals surface area contributed by atoms with Crippen LogP contribution in [0.5, 0.6) is 11.5 Å². The van der Waals surface area contributed by atoms with Gasteiger partial charge in [-0.2, -0.15) is 0 Å². The van der Waals surface area contributed by atoms with E-state index in [4.69, 9.17) is 21.1 Å². The molecule has 0 aromatic heterocycles. The molecular formula is C19H18ClNO5. The number of halogens is 1. The second kappa shape index (κ2) is 8.49. The number of hydrogen-bond donors (Lipinski definition) is 0. The summed E-state index contributed by atoms with van der Waals surface area (Å²) in [6.07, 6.45) is 2.70. The summed E-state index contributed by atoms with van der Waals surface area (Å²) < 4.78 is 10.9. The molecule has 0 aliphatic heterocycles. The van der Waals surface area contributed by atoms with E-state index < -0.39 is 10.7 Å². The average molecular weight is 376 g/mol. The van der Waals surface area contributed by atoms with Crippen LogP contribution >= 0.6 is 11.6 Å². The number of nitro groups is 1. The molecule has 7 heteroatoms. The molecule has 0 aliphatic carbocycles. The van der Waals surface area contributed by atoms with Gasteiger partial charge in [0.1, 0.15) is 0 Å². The molecule has 0 amide bonds. The number of nitro benzene ring substituents is 1. The van der Waals surface area contributed by atoms with Gasteiger partial charge >= 0.3 is 0 Å². The van der Waals surface area contributed by atoms with E-state index in [0.29, 0.717) is 22.1 Å². The number of methoxy groups -OCH3 is 1. The van der Waals surface area contributed by atoms with Crippen molar-refractivity contribution < 1.29 is 19.2 Å². The Morgan fingerprint density at radius 1 is 1.27 bits per heavy atom. The highest BCUT2D eigenvalue weighted by atomic mass is 35.5. The molecule has 0 N–H and O–H groups in total. The molecule has 0 fully saturated rings. The fraction of sp³-hybridized carbons (Fsp3) is 0.211. The van der Waals surface area contributed by atoms with Crippen LogP contribution < -0.4 is 9.47 Å². The van der Waals surface area contributed by atoms with Gasteiger partial charge in [-0.25, -0.2) is 0 Å². The minimum absolute atomic E-state index is 0.0200. The van der Waals surface area contributed by atoms with E-state index >= 15 is 0 Å². The molecule has 136 valence electrons. The van der Waals surface area contributed by atoms with Gasteiger partial charge in [0, 0.05) is 6.07 Å². The lowest BCUT2D eigenvalue weighted by atomic mass is 10.1. The summed E-state index contributed by atoms with van der Waals surface area (Å²) in [6.45, 7) is 3.74. The van der Waals surface area contributed by atoms with Crippen LogP contribution in [0.1, 0.15) is 29.8 Å². The van der Waals surface area contributed by atoms with E-state index in [1.807, 2.05) is 13.8 Å². The molecule has 0 saturated heterocycles. The van der Waals surface area contributed by atoms with Crippen molar-refractivity contribution >= 4 is 29.1 Å². The van der Waals surface area contributed by atoms with Crippen molar-refractivity contribution in [2.45, 2.75) is 20.0 Å². The molecule has 2 aromatic rings. The Morgan fingerprint density at radius 3 is 2.58 bits per heavy atom. The molecule has 0 spiro atoms. The molecule has 2 rings (SSSR count). The predicted octanol–water partition coefficient (Wildman–Crippen LogP) is 4.94. The zero-order valence-corrected chi connectivity index (χ0v) is 15.3. The highest BCUT2D eigenvalue weighted by molar-refractivity contribution is 6.32. The van der Waals surface area contributed by atoms with E-state index in [0.717, 1.165) is 0 Å². The number of hydrogen-bond acceptors (Lipinski definition) is 5. The highest BCUT2D eigenvalue weighted by Gasteiger charge is 2.17. The summed E-state index contributed by atoms with van der Waals surface area (Å²) in [5.74, 6) is 0.380. The predicted molar refractivity (Wildman–Crippen MR) is 100 cm³/mol. The van der Waals surface area contributed by atoms with Gasteiger partial charge in [0.15, 0.2) is 17.3 Å². The fourth-order valence-electron chi connectivity index (χ4n) is 2.29. The summed E-state index contributed by atoms with van der Waals surface area (Å²) >= 11 is 6.24. The molecule has 0 radical (unpaired) electrons. The number of allylic oxidation sites excluding steroid dienone is 1. The fourth-order valence-corrected chi connectivity index (χ4v) is 2.55. The highest BCUT2D eigenvalue weighted by Crippen LogP contribution is 2.37. The maximum Gasteiger partial charge on any atom is 0.280 e. The number of ketones is 1. The van der Waals surface area contributed by atoms with Crippen molar-refractivity contribution in [1.29, 1.82) is 0 Å². The van der Waals surface area contributed by atoms with Crippen molar-refractivity contribution in [3.8, 4) is 11.5 Å². The normalized spacial score (nSPS) is 11.0. The largest absolute Gasteiger partial charge is 0.493 e. The van der Waals surface area contributed by atoms with E-state index in [1.54, 1.807) is 18.2 Å². The molecule has 26 heavy (non-hydrogen) atoms. The van der Waals surface area contributed by atoms with E-state index in [2.05, 4.69) is 0 Å². The van der Waals surface area contributed by atoms with Crippen LogP contribution in [0.3, 0.4) is 0 Å². The van der Waals surface area contributed by atoms with Gasteiger partial charge in [0.25, 0.3) is 5.69 Å². The monoisotopic (exact) mass is 375 g/mol. The first-order chi connectivity index (χ1) is 12.3. The summed E-state index contributed by atoms with van der Waals surface area (Å²) in [6, 6.07) is 9.09. The number of rotatable bonds is 7. The zero-order valence-electron chi connectivity index (χ0n) is 14.6. The lowest BCUT2D eigenvalue weighted by molar-refractivity contribution is -0.385. The third-order valence-corrected chi connectivity index (χ3v) is 3.68. The van der Waals surface area contributed by atoms with Crippen molar-refractivity contribution in [2.24, 2.45) is 0 Å². The third-order valence-electron chi connectivity index (χ3n) is 3.40. The number of nitrogens with zero attached hydrogens (tertiary/aromatic N) is 1. The molecular weight excluding hydrogens is 358 g/mol. The second-order valence-corrected chi connectivity index (χ2v) is 6.08. The summed E-state index contributed by atoms with van der Waals surface area (Å²) in [5, 5.41) is 11.4. The Hall–Kier alpha value is -2.86. The lowest BCUT2D eigenvalue weighted by Crippen LogP contribution is -2.07. The Bertz CT molecular complexity index is 861. The van der Waals surface area contributed by atoms with Gasteiger partial charge in [-0.15, -0.1) is 0 Å². The smallest absolute Gasteiger partial charge is 0.280 e. The summed E-state index contributed by atoms with van der Waals surface area (Å²) in [4.78, 5) is 22.8. The van der Waals surface area contributed by atoms with Crippen molar-refractivity contribution in [3.63, 3.8) is 0 Å². The van der Waals surface area contributed by atoms with Gasteiger partial charge in [-0.1, -0.05) is 29.8 Å². The number of carbonyl (C=O) groups is 1. The van der Waals surface area contributed by atoms with E-state index in [-0.39, 0.29) is 17.4 Å². The number of benzene rings is 2. The van der Waals surface area contributed by atoms with Crippen LogP contribution in [-0.4, -0.2) is 23.9 Å². The topological polar surface area (TPSA) is 78.7 Å². The van der Waals surface area contributed by atoms with Crippen LogP contribution in [0.25, 0.3) is 6.08 Å². The minimum atomic E-state index is -0.584. The van der Waals surface area contributed by atoms with Gasteiger partial charge < -0.3 is 9.47 Å². The van der Waals surface area contributed by atoms with E-state index in [9.17, 15) is 14.9 Å². The second-order valence-electron chi connectivity index (χ2n) is 5.67. The number of carbonyl (C=O) groups excluding carboxylic acids is 1. The Kier molecular flexibility index (Phi) is 6.36. The lowest BCUT2D eigenvalue weighted by Gasteiger charge is -2.15. The van der Waals surface area contributed by atoms with Gasteiger partial charge in [-0.3, -0.25) is 14.9 Å². The average Bonchev–Trinajstić information content (AvgIpc) is 2.61. The van der Waals surface area contributed by atoms with Crippen LogP contribution in [0.4, 0.5) is 5.69 Å². The Morgan fingerprint density at radius 2 is 1.96 bits per heavy atom. The Balaban J connectivity index is 2.32. The maximum absolute atomic E-state index is 12.3. The first-order valence-electron chi connectivity index (χ1n) is 7.83. The summed E-state index contributed by atoms with van der Waals surface area (Å²) in [5.41, 5.74) is 0.389. The maximum atomic E-state index is 12.3. The molecule has 0 aliphatic rings. The SMILES string of the molecule is COc1cc(/C=C/C(=O)c2ccccc2[N+](=O)[O-])cc(Cl)c1OC(C)C. The van der Waals surface area contributed by atoms with Gasteiger partial charge in [-0.05, 0) is 43.7 Å². The molecule has 0 saturated carbocycles. The zero-order chi connectivity index (χ0) is 19.3.